The molecule has 0 fully saturated rings. The molecule has 1 unspecified atom stereocenters. The normalized spacial score (nSPS) is 20.3. The van der Waals surface area contributed by atoms with E-state index in [1.807, 2.05) is 18.2 Å². The molecule has 1 aromatic rings. The largest absolute Gasteiger partial charge is 0.389 e. The van der Waals surface area contributed by atoms with Gasteiger partial charge in [0.2, 0.25) is 0 Å². The number of nitriles is 1. The zero-order chi connectivity index (χ0) is 9.97. The molecule has 0 saturated carbocycles. The summed E-state index contributed by atoms with van der Waals surface area (Å²) in [7, 11) is 0. The van der Waals surface area contributed by atoms with E-state index in [1.54, 1.807) is 12.1 Å². The van der Waals surface area contributed by atoms with Crippen LogP contribution in [0.2, 0.25) is 0 Å². The lowest BCUT2D eigenvalue weighted by Gasteiger charge is -2.00. The predicted octanol–water partition coefficient (Wildman–Crippen LogP) is 2.10. The molecule has 2 nitrogen and oxygen atoms in total. The first-order valence-corrected chi connectivity index (χ1v) is 4.69. The van der Waals surface area contributed by atoms with Crippen molar-refractivity contribution < 1.29 is 5.11 Å². The third-order valence-corrected chi connectivity index (χ3v) is 2.49. The molecular formula is C12H11NO. The third-order valence-electron chi connectivity index (χ3n) is 2.49. The Hall–Kier alpha value is -1.59. The van der Waals surface area contributed by atoms with Crippen LogP contribution in [0.25, 0.3) is 5.57 Å². The van der Waals surface area contributed by atoms with Crippen LogP contribution < -0.4 is 0 Å². The average molecular weight is 185 g/mol. The van der Waals surface area contributed by atoms with Crippen molar-refractivity contribution in [2.24, 2.45) is 0 Å². The number of rotatable bonds is 1. The summed E-state index contributed by atoms with van der Waals surface area (Å²) in [6, 6.07) is 9.56. The standard InChI is InChI=1S/C12H11NO/c13-8-9-1-3-10(4-2-9)11-5-6-12(14)7-11/h1-4,7,12,14H,5-6H2. The molecule has 1 aromatic carbocycles. The highest BCUT2D eigenvalue weighted by atomic mass is 16.3. The first-order chi connectivity index (χ1) is 6.79. The summed E-state index contributed by atoms with van der Waals surface area (Å²) in [5.41, 5.74) is 2.97. The van der Waals surface area contributed by atoms with Gasteiger partial charge in [0.15, 0.2) is 0 Å². The molecule has 0 aromatic heterocycles. The Morgan fingerprint density at radius 3 is 2.50 bits per heavy atom. The van der Waals surface area contributed by atoms with Crippen LogP contribution in [0.3, 0.4) is 0 Å². The van der Waals surface area contributed by atoms with Crippen molar-refractivity contribution in [3.8, 4) is 6.07 Å². The SMILES string of the molecule is N#Cc1ccc(C2=CC(O)CC2)cc1. The highest BCUT2D eigenvalue weighted by Crippen LogP contribution is 2.27. The summed E-state index contributed by atoms with van der Waals surface area (Å²) in [6.07, 6.45) is 3.34. The van der Waals surface area contributed by atoms with Crippen LogP contribution in [0.1, 0.15) is 24.0 Å². The first kappa shape index (κ1) is 8.98. The van der Waals surface area contributed by atoms with Gasteiger partial charge in [0.1, 0.15) is 0 Å². The van der Waals surface area contributed by atoms with Gasteiger partial charge in [-0.25, -0.2) is 0 Å². The van der Waals surface area contributed by atoms with Crippen LogP contribution in [0.4, 0.5) is 0 Å². The maximum absolute atomic E-state index is 9.33. The average Bonchev–Trinajstić information content (AvgIpc) is 2.65. The fourth-order valence-corrected chi connectivity index (χ4v) is 1.70. The minimum absolute atomic E-state index is 0.291. The Labute approximate surface area is 83.1 Å². The van der Waals surface area contributed by atoms with Gasteiger partial charge in [0, 0.05) is 0 Å². The number of aliphatic hydroxyl groups excluding tert-OH is 1. The Morgan fingerprint density at radius 2 is 2.00 bits per heavy atom. The van der Waals surface area contributed by atoms with Crippen LogP contribution in [-0.2, 0) is 0 Å². The van der Waals surface area contributed by atoms with E-state index in [9.17, 15) is 5.11 Å². The van der Waals surface area contributed by atoms with E-state index < -0.39 is 0 Å². The van der Waals surface area contributed by atoms with Crippen molar-refractivity contribution in [2.45, 2.75) is 18.9 Å². The molecule has 1 aliphatic rings. The minimum Gasteiger partial charge on any atom is -0.389 e. The maximum atomic E-state index is 9.33. The zero-order valence-corrected chi connectivity index (χ0v) is 7.77. The second-order valence-corrected chi connectivity index (χ2v) is 3.49. The van der Waals surface area contributed by atoms with Crippen LogP contribution in [-0.4, -0.2) is 11.2 Å². The van der Waals surface area contributed by atoms with Gasteiger partial charge in [0.25, 0.3) is 0 Å². The number of nitrogens with zero attached hydrogens (tertiary/aromatic N) is 1. The van der Waals surface area contributed by atoms with Crippen LogP contribution in [0, 0.1) is 11.3 Å². The van der Waals surface area contributed by atoms with Gasteiger partial charge in [-0.2, -0.15) is 5.26 Å². The number of hydrogen-bond acceptors (Lipinski definition) is 2. The number of aliphatic hydroxyl groups is 1. The molecule has 2 heteroatoms. The zero-order valence-electron chi connectivity index (χ0n) is 7.77. The summed E-state index contributed by atoms with van der Waals surface area (Å²) in [5, 5.41) is 18.0. The van der Waals surface area contributed by atoms with E-state index in [1.165, 1.54) is 5.57 Å². The maximum Gasteiger partial charge on any atom is 0.0991 e. The van der Waals surface area contributed by atoms with Gasteiger partial charge in [0.05, 0.1) is 17.7 Å². The predicted molar refractivity (Wildman–Crippen MR) is 54.4 cm³/mol. The van der Waals surface area contributed by atoms with Gasteiger partial charge in [-0.05, 0) is 36.1 Å². The fraction of sp³-hybridized carbons (Fsp3) is 0.250. The van der Waals surface area contributed by atoms with Gasteiger partial charge in [-0.15, -0.1) is 0 Å². The molecule has 0 heterocycles. The summed E-state index contributed by atoms with van der Waals surface area (Å²) < 4.78 is 0. The van der Waals surface area contributed by atoms with E-state index in [0.29, 0.717) is 5.56 Å². The Morgan fingerprint density at radius 1 is 1.29 bits per heavy atom. The van der Waals surface area contributed by atoms with Gasteiger partial charge in [-0.1, -0.05) is 18.2 Å². The molecule has 0 bridgehead atoms. The second-order valence-electron chi connectivity index (χ2n) is 3.49. The molecule has 0 aliphatic heterocycles. The van der Waals surface area contributed by atoms with E-state index >= 15 is 0 Å². The second kappa shape index (κ2) is 3.65. The highest BCUT2D eigenvalue weighted by molar-refractivity contribution is 5.68. The smallest absolute Gasteiger partial charge is 0.0991 e. The van der Waals surface area contributed by atoms with Crippen molar-refractivity contribution in [1.29, 1.82) is 5.26 Å². The molecule has 1 aliphatic carbocycles. The summed E-state index contributed by atoms with van der Waals surface area (Å²) in [6.45, 7) is 0. The lowest BCUT2D eigenvalue weighted by molar-refractivity contribution is 0.223. The Bertz CT molecular complexity index is 397. The Kier molecular flexibility index (Phi) is 2.34. The quantitative estimate of drug-likeness (QED) is 0.728. The highest BCUT2D eigenvalue weighted by Gasteiger charge is 2.13. The van der Waals surface area contributed by atoms with Gasteiger partial charge in [-0.3, -0.25) is 0 Å². The van der Waals surface area contributed by atoms with E-state index in [4.69, 9.17) is 5.26 Å². The summed E-state index contributed by atoms with van der Waals surface area (Å²) in [4.78, 5) is 0. The molecular weight excluding hydrogens is 174 g/mol. The van der Waals surface area contributed by atoms with Crippen molar-refractivity contribution in [2.75, 3.05) is 0 Å². The topological polar surface area (TPSA) is 44.0 Å². The molecule has 0 saturated heterocycles. The van der Waals surface area contributed by atoms with E-state index in [-0.39, 0.29) is 6.10 Å². The molecule has 2 rings (SSSR count). The van der Waals surface area contributed by atoms with Crippen molar-refractivity contribution in [3.05, 3.63) is 41.5 Å². The lowest BCUT2D eigenvalue weighted by Crippen LogP contribution is -1.93. The molecule has 14 heavy (non-hydrogen) atoms. The van der Waals surface area contributed by atoms with Crippen molar-refractivity contribution in [1.82, 2.24) is 0 Å². The van der Waals surface area contributed by atoms with E-state index in [0.717, 1.165) is 18.4 Å². The van der Waals surface area contributed by atoms with Gasteiger partial charge >= 0.3 is 0 Å². The van der Waals surface area contributed by atoms with Gasteiger partial charge < -0.3 is 5.11 Å². The molecule has 70 valence electrons. The molecule has 1 atom stereocenters. The monoisotopic (exact) mass is 185 g/mol. The fourth-order valence-electron chi connectivity index (χ4n) is 1.70. The third kappa shape index (κ3) is 1.68. The van der Waals surface area contributed by atoms with Crippen LogP contribution in [0.5, 0.6) is 0 Å². The Balaban J connectivity index is 2.26. The van der Waals surface area contributed by atoms with Crippen LogP contribution in [0.15, 0.2) is 30.3 Å². The molecule has 0 amide bonds. The number of hydrogen-bond donors (Lipinski definition) is 1. The van der Waals surface area contributed by atoms with Crippen LogP contribution >= 0.6 is 0 Å². The minimum atomic E-state index is -0.291. The summed E-state index contributed by atoms with van der Waals surface area (Å²) in [5.74, 6) is 0. The number of benzene rings is 1. The van der Waals surface area contributed by atoms with Crippen molar-refractivity contribution in [3.63, 3.8) is 0 Å². The first-order valence-electron chi connectivity index (χ1n) is 4.69. The molecule has 0 spiro atoms. The van der Waals surface area contributed by atoms with E-state index in [2.05, 4.69) is 6.07 Å². The number of allylic oxidation sites excluding steroid dienone is 1. The lowest BCUT2D eigenvalue weighted by atomic mass is 10.0. The van der Waals surface area contributed by atoms with Crippen molar-refractivity contribution >= 4 is 5.57 Å². The summed E-state index contributed by atoms with van der Waals surface area (Å²) >= 11 is 0. The molecule has 0 radical (unpaired) electrons. The molecule has 1 N–H and O–H groups in total.